The third-order valence-electron chi connectivity index (χ3n) is 4.42. The van der Waals surface area contributed by atoms with Crippen molar-refractivity contribution in [3.8, 4) is 17.0 Å². The predicted octanol–water partition coefficient (Wildman–Crippen LogP) is 3.55. The lowest BCUT2D eigenvalue weighted by Crippen LogP contribution is -2.47. The average Bonchev–Trinajstić information content (AvgIpc) is 3.27. The van der Waals surface area contributed by atoms with Crippen molar-refractivity contribution in [1.29, 1.82) is 0 Å². The number of anilines is 1. The van der Waals surface area contributed by atoms with Crippen molar-refractivity contribution in [3.05, 3.63) is 60.6 Å². The molecule has 9 heteroatoms. The van der Waals surface area contributed by atoms with Crippen LogP contribution in [0.5, 0.6) is 5.88 Å². The molecular weight excluding hydrogens is 410 g/mol. The molecule has 3 N–H and O–H groups in total. The Morgan fingerprint density at radius 3 is 2.50 bits per heavy atom. The van der Waals surface area contributed by atoms with Crippen LogP contribution in [-0.4, -0.2) is 45.9 Å². The van der Waals surface area contributed by atoms with Crippen LogP contribution in [0.3, 0.4) is 0 Å². The lowest BCUT2D eigenvalue weighted by molar-refractivity contribution is -0.118. The molecule has 3 aromatic rings. The zero-order valence-corrected chi connectivity index (χ0v) is 18.5. The van der Waals surface area contributed by atoms with Gasteiger partial charge < -0.3 is 20.1 Å². The number of carbonyl (C=O) groups excluding carboxylic acids is 2. The largest absolute Gasteiger partial charge is 0.480 e. The molecule has 1 aromatic carbocycles. The fourth-order valence-corrected chi connectivity index (χ4v) is 3.00. The molecule has 0 unspecified atom stereocenters. The van der Waals surface area contributed by atoms with Gasteiger partial charge in [-0.05, 0) is 32.4 Å². The minimum Gasteiger partial charge on any atom is -0.480 e. The van der Waals surface area contributed by atoms with E-state index in [0.717, 1.165) is 16.7 Å². The van der Waals surface area contributed by atoms with Crippen LogP contribution in [0.1, 0.15) is 26.3 Å². The SMILES string of the molecule is COc1ncc(-c2cn[nH]c2)cc1NC(=O)[C@H](Cc1ccccc1)NC(=O)OC(C)(C)C. The van der Waals surface area contributed by atoms with Crippen LogP contribution < -0.4 is 15.4 Å². The normalized spacial score (nSPS) is 12.0. The van der Waals surface area contributed by atoms with E-state index in [-0.39, 0.29) is 12.3 Å². The maximum absolute atomic E-state index is 13.2. The van der Waals surface area contributed by atoms with Gasteiger partial charge in [-0.3, -0.25) is 9.89 Å². The molecule has 2 heterocycles. The maximum atomic E-state index is 13.2. The van der Waals surface area contributed by atoms with Gasteiger partial charge >= 0.3 is 6.09 Å². The number of ether oxygens (including phenoxy) is 2. The molecule has 0 bridgehead atoms. The summed E-state index contributed by atoms with van der Waals surface area (Å²) in [4.78, 5) is 29.9. The number of hydrogen-bond acceptors (Lipinski definition) is 6. The first-order valence-electron chi connectivity index (χ1n) is 10.1. The fraction of sp³-hybridized carbons (Fsp3) is 0.304. The lowest BCUT2D eigenvalue weighted by atomic mass is 10.1. The van der Waals surface area contributed by atoms with Crippen molar-refractivity contribution in [2.45, 2.75) is 38.8 Å². The monoisotopic (exact) mass is 437 g/mol. The molecule has 0 aliphatic heterocycles. The van der Waals surface area contributed by atoms with Gasteiger partial charge in [0.25, 0.3) is 0 Å². The Morgan fingerprint density at radius 1 is 1.12 bits per heavy atom. The number of pyridine rings is 1. The van der Waals surface area contributed by atoms with Crippen molar-refractivity contribution < 1.29 is 19.1 Å². The molecule has 2 amide bonds. The third-order valence-corrected chi connectivity index (χ3v) is 4.42. The number of hydrogen-bond donors (Lipinski definition) is 3. The summed E-state index contributed by atoms with van der Waals surface area (Å²) in [6, 6.07) is 10.3. The van der Waals surface area contributed by atoms with Crippen molar-refractivity contribution in [3.63, 3.8) is 0 Å². The summed E-state index contributed by atoms with van der Waals surface area (Å²) in [7, 11) is 1.47. The van der Waals surface area contributed by atoms with Gasteiger partial charge in [-0.15, -0.1) is 0 Å². The molecule has 0 aliphatic rings. The van der Waals surface area contributed by atoms with Gasteiger partial charge in [-0.25, -0.2) is 9.78 Å². The summed E-state index contributed by atoms with van der Waals surface area (Å²) in [5.41, 5.74) is 2.13. The molecule has 168 valence electrons. The highest BCUT2D eigenvalue weighted by Crippen LogP contribution is 2.28. The number of alkyl carbamates (subject to hydrolysis) is 1. The highest BCUT2D eigenvalue weighted by atomic mass is 16.6. The summed E-state index contributed by atoms with van der Waals surface area (Å²) in [5.74, 6) is -0.175. The molecule has 0 fully saturated rings. The van der Waals surface area contributed by atoms with Crippen LogP contribution in [0.15, 0.2) is 55.0 Å². The van der Waals surface area contributed by atoms with Gasteiger partial charge in [0.15, 0.2) is 0 Å². The van der Waals surface area contributed by atoms with Crippen LogP contribution in [0, 0.1) is 0 Å². The van der Waals surface area contributed by atoms with E-state index >= 15 is 0 Å². The Labute approximate surface area is 186 Å². The van der Waals surface area contributed by atoms with Crippen LogP contribution in [0.4, 0.5) is 10.5 Å². The molecule has 0 saturated carbocycles. The van der Waals surface area contributed by atoms with E-state index in [1.807, 2.05) is 30.3 Å². The number of rotatable bonds is 7. The second-order valence-corrected chi connectivity index (χ2v) is 8.15. The summed E-state index contributed by atoms with van der Waals surface area (Å²) < 4.78 is 10.6. The predicted molar refractivity (Wildman–Crippen MR) is 120 cm³/mol. The van der Waals surface area contributed by atoms with Crippen LogP contribution >= 0.6 is 0 Å². The van der Waals surface area contributed by atoms with Gasteiger partial charge in [0.1, 0.15) is 17.3 Å². The molecule has 0 spiro atoms. The number of carbonyl (C=O) groups is 2. The van der Waals surface area contributed by atoms with E-state index in [1.165, 1.54) is 7.11 Å². The highest BCUT2D eigenvalue weighted by Gasteiger charge is 2.26. The number of benzene rings is 1. The van der Waals surface area contributed by atoms with Gasteiger partial charge in [-0.1, -0.05) is 30.3 Å². The van der Waals surface area contributed by atoms with E-state index in [1.54, 1.807) is 45.4 Å². The Morgan fingerprint density at radius 2 is 1.88 bits per heavy atom. The van der Waals surface area contributed by atoms with E-state index in [9.17, 15) is 9.59 Å². The first-order chi connectivity index (χ1) is 15.2. The standard InChI is InChI=1S/C23H27N5O4/c1-23(2,3)32-22(30)28-18(10-15-8-6-5-7-9-15)20(29)27-19-11-16(12-24-21(19)31-4)17-13-25-26-14-17/h5-9,11-14,18H,10H2,1-4H3,(H,25,26)(H,27,29)(H,28,30)/t18-/m0/s1. The van der Waals surface area contributed by atoms with Gasteiger partial charge in [-0.2, -0.15) is 5.10 Å². The second kappa shape index (κ2) is 9.95. The molecule has 0 saturated heterocycles. The topological polar surface area (TPSA) is 118 Å². The van der Waals surface area contributed by atoms with Crippen molar-refractivity contribution >= 4 is 17.7 Å². The number of nitrogens with one attached hydrogen (secondary N) is 3. The summed E-state index contributed by atoms with van der Waals surface area (Å²) in [6.07, 6.45) is 4.60. The Hall–Kier alpha value is -3.88. The van der Waals surface area contributed by atoms with Crippen molar-refractivity contribution in [2.75, 3.05) is 12.4 Å². The Kier molecular flexibility index (Phi) is 7.09. The minimum absolute atomic E-state index is 0.251. The average molecular weight is 438 g/mol. The molecule has 3 rings (SSSR count). The zero-order chi connectivity index (χ0) is 23.1. The second-order valence-electron chi connectivity index (χ2n) is 8.15. The van der Waals surface area contributed by atoms with E-state index < -0.39 is 23.6 Å². The smallest absolute Gasteiger partial charge is 0.408 e. The number of amides is 2. The summed E-state index contributed by atoms with van der Waals surface area (Å²) in [6.45, 7) is 5.28. The zero-order valence-electron chi connectivity index (χ0n) is 18.5. The molecule has 0 radical (unpaired) electrons. The minimum atomic E-state index is -0.880. The molecule has 9 nitrogen and oxygen atoms in total. The molecule has 2 aromatic heterocycles. The molecular formula is C23H27N5O4. The lowest BCUT2D eigenvalue weighted by Gasteiger charge is -2.23. The number of nitrogens with zero attached hydrogens (tertiary/aromatic N) is 2. The van der Waals surface area contributed by atoms with Crippen molar-refractivity contribution in [1.82, 2.24) is 20.5 Å². The van der Waals surface area contributed by atoms with Crippen LogP contribution in [-0.2, 0) is 16.0 Å². The third kappa shape index (κ3) is 6.31. The summed E-state index contributed by atoms with van der Waals surface area (Å²) >= 11 is 0. The van der Waals surface area contributed by atoms with Crippen molar-refractivity contribution in [2.24, 2.45) is 0 Å². The van der Waals surface area contributed by atoms with Gasteiger partial charge in [0, 0.05) is 29.9 Å². The van der Waals surface area contributed by atoms with E-state index in [4.69, 9.17) is 9.47 Å². The number of aromatic amines is 1. The Balaban J connectivity index is 1.83. The quantitative estimate of drug-likeness (QED) is 0.520. The summed E-state index contributed by atoms with van der Waals surface area (Å²) in [5, 5.41) is 12.2. The number of H-pyrrole nitrogens is 1. The van der Waals surface area contributed by atoms with Gasteiger partial charge in [0.2, 0.25) is 11.8 Å². The number of aromatic nitrogens is 3. The highest BCUT2D eigenvalue weighted by molar-refractivity contribution is 5.98. The molecule has 1 atom stereocenters. The molecule has 0 aliphatic carbocycles. The fourth-order valence-electron chi connectivity index (χ4n) is 3.00. The van der Waals surface area contributed by atoms with E-state index in [2.05, 4.69) is 25.8 Å². The molecule has 32 heavy (non-hydrogen) atoms. The number of methoxy groups -OCH3 is 1. The van der Waals surface area contributed by atoms with Crippen LogP contribution in [0.25, 0.3) is 11.1 Å². The first-order valence-corrected chi connectivity index (χ1v) is 10.1. The maximum Gasteiger partial charge on any atom is 0.408 e. The Bertz CT molecular complexity index is 1050. The van der Waals surface area contributed by atoms with Crippen LogP contribution in [0.2, 0.25) is 0 Å². The van der Waals surface area contributed by atoms with Gasteiger partial charge in [0.05, 0.1) is 13.3 Å². The first kappa shape index (κ1) is 22.8. The van der Waals surface area contributed by atoms with E-state index in [0.29, 0.717) is 5.69 Å².